The number of ether oxygens (including phenoxy) is 1. The van der Waals surface area contributed by atoms with E-state index in [1.165, 1.54) is 12.1 Å². The number of amides is 1. The van der Waals surface area contributed by atoms with Gasteiger partial charge in [0, 0.05) is 18.2 Å². The number of aliphatic hydroxyl groups excluding tert-OH is 1. The molecule has 1 N–H and O–H groups in total. The molecule has 0 bridgehead atoms. The van der Waals surface area contributed by atoms with Crippen LogP contribution in [0.1, 0.15) is 18.4 Å². The fourth-order valence-corrected chi connectivity index (χ4v) is 2.40. The molecule has 0 unspecified atom stereocenters. The van der Waals surface area contributed by atoms with Gasteiger partial charge in [-0.1, -0.05) is 0 Å². The summed E-state index contributed by atoms with van der Waals surface area (Å²) in [4.78, 5) is 14.1. The number of fused-ring (bicyclic) bond motifs is 1. The number of benzene rings is 1. The van der Waals surface area contributed by atoms with Crippen molar-refractivity contribution in [2.75, 3.05) is 19.8 Å². The van der Waals surface area contributed by atoms with Crippen LogP contribution in [0.4, 0.5) is 4.39 Å². The lowest BCUT2D eigenvalue weighted by molar-refractivity contribution is -0.128. The van der Waals surface area contributed by atoms with Crippen LogP contribution < -0.4 is 4.74 Å². The third-order valence-corrected chi connectivity index (χ3v) is 3.55. The number of hydrogen-bond donors (Lipinski definition) is 1. The van der Waals surface area contributed by atoms with Crippen molar-refractivity contribution >= 4 is 12.0 Å². The van der Waals surface area contributed by atoms with E-state index in [1.807, 2.05) is 0 Å². The Morgan fingerprint density at radius 3 is 2.95 bits per heavy atom. The Labute approximate surface area is 116 Å². The van der Waals surface area contributed by atoms with Crippen molar-refractivity contribution in [2.24, 2.45) is 0 Å². The normalized spacial score (nSPS) is 17.0. The van der Waals surface area contributed by atoms with Crippen LogP contribution in [0.15, 0.2) is 23.8 Å². The van der Waals surface area contributed by atoms with Gasteiger partial charge in [0.15, 0.2) is 0 Å². The Hall–Kier alpha value is -1.88. The quantitative estimate of drug-likeness (QED) is 0.909. The van der Waals surface area contributed by atoms with Crippen molar-refractivity contribution in [1.29, 1.82) is 0 Å². The van der Waals surface area contributed by atoms with Crippen LogP contribution >= 0.6 is 0 Å². The lowest BCUT2D eigenvalue weighted by atomic mass is 10.1. The molecule has 1 saturated carbocycles. The summed E-state index contributed by atoms with van der Waals surface area (Å²) < 4.78 is 18.7. The molecule has 0 aromatic heterocycles. The minimum Gasteiger partial charge on any atom is -0.488 e. The maximum absolute atomic E-state index is 13.2. The molecule has 0 spiro atoms. The van der Waals surface area contributed by atoms with E-state index in [0.717, 1.165) is 12.8 Å². The molecule has 3 rings (SSSR count). The van der Waals surface area contributed by atoms with E-state index in [4.69, 9.17) is 9.84 Å². The first kappa shape index (κ1) is 13.1. The van der Waals surface area contributed by atoms with Crippen molar-refractivity contribution in [3.8, 4) is 5.75 Å². The van der Waals surface area contributed by atoms with E-state index in [9.17, 15) is 9.18 Å². The molecular weight excluding hydrogens is 261 g/mol. The first-order chi connectivity index (χ1) is 9.69. The first-order valence-corrected chi connectivity index (χ1v) is 6.74. The maximum atomic E-state index is 13.2. The van der Waals surface area contributed by atoms with Gasteiger partial charge < -0.3 is 14.7 Å². The van der Waals surface area contributed by atoms with Gasteiger partial charge in [0.2, 0.25) is 0 Å². The maximum Gasteiger partial charge on any atom is 0.253 e. The topological polar surface area (TPSA) is 49.8 Å². The first-order valence-electron chi connectivity index (χ1n) is 6.74. The Morgan fingerprint density at radius 2 is 2.25 bits per heavy atom. The molecule has 1 fully saturated rings. The average Bonchev–Trinajstić information content (AvgIpc) is 3.27. The zero-order chi connectivity index (χ0) is 14.1. The molecule has 1 heterocycles. The van der Waals surface area contributed by atoms with Gasteiger partial charge in [-0.3, -0.25) is 4.79 Å². The highest BCUT2D eigenvalue weighted by molar-refractivity contribution is 5.99. The smallest absolute Gasteiger partial charge is 0.253 e. The number of carbonyl (C=O) groups is 1. The monoisotopic (exact) mass is 277 g/mol. The SMILES string of the molecule is O=C(C1=Cc2cc(F)ccc2OC1)N(CCO)C1CC1. The van der Waals surface area contributed by atoms with E-state index in [1.54, 1.807) is 17.0 Å². The minimum absolute atomic E-state index is 0.0540. The van der Waals surface area contributed by atoms with Crippen molar-refractivity contribution < 1.29 is 19.0 Å². The van der Waals surface area contributed by atoms with Crippen molar-refractivity contribution in [3.63, 3.8) is 0 Å². The predicted molar refractivity (Wildman–Crippen MR) is 71.7 cm³/mol. The largest absolute Gasteiger partial charge is 0.488 e. The van der Waals surface area contributed by atoms with Crippen molar-refractivity contribution in [2.45, 2.75) is 18.9 Å². The molecule has 0 saturated heterocycles. The van der Waals surface area contributed by atoms with Gasteiger partial charge in [0.05, 0.1) is 12.2 Å². The molecule has 1 aliphatic carbocycles. The lowest BCUT2D eigenvalue weighted by Gasteiger charge is -2.25. The summed E-state index contributed by atoms with van der Waals surface area (Å²) in [5.41, 5.74) is 1.09. The molecule has 0 radical (unpaired) electrons. The van der Waals surface area contributed by atoms with Crippen LogP contribution in [0.2, 0.25) is 0 Å². The van der Waals surface area contributed by atoms with Gasteiger partial charge in [-0.25, -0.2) is 4.39 Å². The highest BCUT2D eigenvalue weighted by atomic mass is 19.1. The standard InChI is InChI=1S/C15H16FNO3/c16-12-1-4-14-10(8-12)7-11(9-20-14)15(19)17(5-6-18)13-2-3-13/h1,4,7-8,13,18H,2-3,5-6,9H2. The molecular formula is C15H16FNO3. The summed E-state index contributed by atoms with van der Waals surface area (Å²) in [7, 11) is 0. The van der Waals surface area contributed by atoms with Gasteiger partial charge in [0.25, 0.3) is 5.91 Å². The zero-order valence-electron chi connectivity index (χ0n) is 11.0. The number of nitrogens with zero attached hydrogens (tertiary/aromatic N) is 1. The summed E-state index contributed by atoms with van der Waals surface area (Å²) in [6, 6.07) is 4.48. The van der Waals surface area contributed by atoms with Crippen LogP contribution in [0.25, 0.3) is 6.08 Å². The Bertz CT molecular complexity index is 566. The molecule has 4 nitrogen and oxygen atoms in total. The third-order valence-electron chi connectivity index (χ3n) is 3.55. The van der Waals surface area contributed by atoms with E-state index < -0.39 is 0 Å². The fourth-order valence-electron chi connectivity index (χ4n) is 2.40. The molecule has 1 aromatic carbocycles. The predicted octanol–water partition coefficient (Wildman–Crippen LogP) is 1.58. The molecule has 1 aliphatic heterocycles. The summed E-state index contributed by atoms with van der Waals surface area (Å²) in [5, 5.41) is 9.06. The summed E-state index contributed by atoms with van der Waals surface area (Å²) in [6.45, 7) is 0.463. The number of aliphatic hydroxyl groups is 1. The van der Waals surface area contributed by atoms with E-state index >= 15 is 0 Å². The summed E-state index contributed by atoms with van der Waals surface area (Å²) in [6.07, 6.45) is 3.63. The van der Waals surface area contributed by atoms with Gasteiger partial charge in [-0.05, 0) is 37.1 Å². The Kier molecular flexibility index (Phi) is 3.44. The number of carbonyl (C=O) groups excluding carboxylic acids is 1. The van der Waals surface area contributed by atoms with Gasteiger partial charge in [-0.15, -0.1) is 0 Å². The third kappa shape index (κ3) is 2.54. The second kappa shape index (κ2) is 5.25. The van der Waals surface area contributed by atoms with E-state index in [-0.39, 0.29) is 31.0 Å². The average molecular weight is 277 g/mol. The second-order valence-electron chi connectivity index (χ2n) is 5.09. The van der Waals surface area contributed by atoms with Crippen LogP contribution in [-0.2, 0) is 4.79 Å². The molecule has 1 aromatic rings. The Morgan fingerprint density at radius 1 is 1.45 bits per heavy atom. The molecule has 20 heavy (non-hydrogen) atoms. The highest BCUT2D eigenvalue weighted by Crippen LogP contribution is 2.31. The Balaban J connectivity index is 1.85. The number of rotatable bonds is 4. The van der Waals surface area contributed by atoms with Crippen LogP contribution in [-0.4, -0.2) is 41.7 Å². The number of halogens is 1. The fraction of sp³-hybridized carbons (Fsp3) is 0.400. The minimum atomic E-state index is -0.355. The molecule has 106 valence electrons. The van der Waals surface area contributed by atoms with Crippen LogP contribution in [0, 0.1) is 5.82 Å². The van der Waals surface area contributed by atoms with Crippen molar-refractivity contribution in [1.82, 2.24) is 4.90 Å². The second-order valence-corrected chi connectivity index (χ2v) is 5.09. The highest BCUT2D eigenvalue weighted by Gasteiger charge is 2.34. The lowest BCUT2D eigenvalue weighted by Crippen LogP contribution is -2.38. The van der Waals surface area contributed by atoms with E-state index in [0.29, 0.717) is 23.4 Å². The van der Waals surface area contributed by atoms with Gasteiger partial charge in [0.1, 0.15) is 18.2 Å². The van der Waals surface area contributed by atoms with Gasteiger partial charge >= 0.3 is 0 Å². The van der Waals surface area contributed by atoms with Crippen molar-refractivity contribution in [3.05, 3.63) is 35.2 Å². The van der Waals surface area contributed by atoms with Crippen LogP contribution in [0.5, 0.6) is 5.75 Å². The summed E-state index contributed by atoms with van der Waals surface area (Å²) in [5.74, 6) is 0.103. The molecule has 0 atom stereocenters. The zero-order valence-corrected chi connectivity index (χ0v) is 11.0. The molecule has 2 aliphatic rings. The number of hydrogen-bond acceptors (Lipinski definition) is 3. The van der Waals surface area contributed by atoms with E-state index in [2.05, 4.69) is 0 Å². The van der Waals surface area contributed by atoms with Gasteiger partial charge in [-0.2, -0.15) is 0 Å². The summed E-state index contributed by atoms with van der Waals surface area (Å²) >= 11 is 0. The molecule has 5 heteroatoms. The van der Waals surface area contributed by atoms with Crippen LogP contribution in [0.3, 0.4) is 0 Å². The molecule has 1 amide bonds.